The molecule has 0 radical (unpaired) electrons. The van der Waals surface area contributed by atoms with Crippen LogP contribution in [0.25, 0.3) is 0 Å². The molecule has 0 aromatic carbocycles. The third-order valence-electron chi connectivity index (χ3n) is 1.17. The summed E-state index contributed by atoms with van der Waals surface area (Å²) in [6.07, 6.45) is -3.24. The second-order valence-electron chi connectivity index (χ2n) is 2.06. The maximum Gasteiger partial charge on any atom is 0.419 e. The quantitative estimate of drug-likeness (QED) is 0.653. The van der Waals surface area contributed by atoms with Crippen LogP contribution in [0.15, 0.2) is 12.3 Å². The summed E-state index contributed by atoms with van der Waals surface area (Å²) in [7, 11) is 0. The number of hydrogen-bond donors (Lipinski definition) is 1. The maximum absolute atomic E-state index is 12.1. The van der Waals surface area contributed by atoms with E-state index in [1.807, 2.05) is 0 Å². The van der Waals surface area contributed by atoms with E-state index in [4.69, 9.17) is 11.6 Å². The van der Waals surface area contributed by atoms with Gasteiger partial charge in [0.25, 0.3) is 0 Å². The highest BCUT2D eigenvalue weighted by molar-refractivity contribution is 7.71. The smallest absolute Gasteiger partial charge is 0.351 e. The molecule has 0 atom stereocenters. The first-order valence-corrected chi connectivity index (χ1v) is 3.65. The van der Waals surface area contributed by atoms with Crippen molar-refractivity contribution in [2.75, 3.05) is 0 Å². The molecule has 0 spiro atoms. The Morgan fingerprint density at radius 1 is 1.42 bits per heavy atom. The molecular formula is C6H3ClF3NS. The second kappa shape index (κ2) is 3.06. The summed E-state index contributed by atoms with van der Waals surface area (Å²) in [6, 6.07) is 0.792. The second-order valence-corrected chi connectivity index (χ2v) is 2.90. The van der Waals surface area contributed by atoms with Gasteiger partial charge >= 0.3 is 6.18 Å². The van der Waals surface area contributed by atoms with Gasteiger partial charge in [0, 0.05) is 6.20 Å². The normalized spacial score (nSPS) is 11.7. The monoisotopic (exact) mass is 213 g/mol. The molecule has 1 nitrogen and oxygen atoms in total. The summed E-state index contributed by atoms with van der Waals surface area (Å²) in [5.74, 6) is 0. The molecule has 0 unspecified atom stereocenters. The molecule has 1 aromatic heterocycles. The summed E-state index contributed by atoms with van der Waals surface area (Å²) in [5.41, 5.74) is -0.912. The predicted molar refractivity (Wildman–Crippen MR) is 41.6 cm³/mol. The maximum atomic E-state index is 12.1. The lowest BCUT2D eigenvalue weighted by atomic mass is 10.3. The highest BCUT2D eigenvalue weighted by Gasteiger charge is 2.32. The number of alkyl halides is 3. The van der Waals surface area contributed by atoms with Gasteiger partial charge in [-0.2, -0.15) is 13.2 Å². The molecule has 0 aliphatic carbocycles. The molecule has 1 aromatic rings. The zero-order chi connectivity index (χ0) is 9.35. The third kappa shape index (κ3) is 1.98. The molecular weight excluding hydrogens is 211 g/mol. The largest absolute Gasteiger partial charge is 0.419 e. The Hall–Kier alpha value is -0.550. The zero-order valence-corrected chi connectivity index (χ0v) is 7.15. The number of H-pyrrole nitrogens is 1. The van der Waals surface area contributed by atoms with Gasteiger partial charge in [0.15, 0.2) is 0 Å². The Balaban J connectivity index is 3.33. The van der Waals surface area contributed by atoms with E-state index in [1.54, 1.807) is 0 Å². The molecule has 66 valence electrons. The topological polar surface area (TPSA) is 15.8 Å². The standard InChI is InChI=1S/C6H3ClF3NS/c7-3-1-4(6(8,9)10)5(12)11-2-3/h1-2H,(H,11,12). The van der Waals surface area contributed by atoms with Crippen molar-refractivity contribution < 1.29 is 13.2 Å². The number of nitrogens with one attached hydrogen (secondary N) is 1. The fourth-order valence-corrected chi connectivity index (χ4v) is 1.07. The summed E-state index contributed by atoms with van der Waals surface area (Å²) < 4.78 is 35.9. The number of halogens is 4. The average molecular weight is 214 g/mol. The minimum Gasteiger partial charge on any atom is -0.351 e. The van der Waals surface area contributed by atoms with Crippen molar-refractivity contribution in [2.24, 2.45) is 0 Å². The van der Waals surface area contributed by atoms with Crippen molar-refractivity contribution in [3.05, 3.63) is 27.5 Å². The Morgan fingerprint density at radius 2 is 2.00 bits per heavy atom. The van der Waals surface area contributed by atoms with Gasteiger partial charge in [0.05, 0.1) is 10.6 Å². The fourth-order valence-electron chi connectivity index (χ4n) is 0.668. The number of aromatic amines is 1. The van der Waals surface area contributed by atoms with Crippen LogP contribution in [0.2, 0.25) is 5.02 Å². The summed E-state index contributed by atoms with van der Waals surface area (Å²) in [6.45, 7) is 0. The lowest BCUT2D eigenvalue weighted by Gasteiger charge is -2.05. The van der Waals surface area contributed by atoms with Crippen molar-refractivity contribution >= 4 is 23.8 Å². The van der Waals surface area contributed by atoms with E-state index >= 15 is 0 Å². The molecule has 0 fully saturated rings. The molecule has 1 heterocycles. The van der Waals surface area contributed by atoms with Crippen molar-refractivity contribution in [3.8, 4) is 0 Å². The van der Waals surface area contributed by atoms with Crippen LogP contribution >= 0.6 is 23.8 Å². The highest BCUT2D eigenvalue weighted by Crippen LogP contribution is 2.30. The van der Waals surface area contributed by atoms with Crippen LogP contribution in [-0.4, -0.2) is 4.98 Å². The van der Waals surface area contributed by atoms with E-state index in [9.17, 15) is 13.2 Å². The van der Waals surface area contributed by atoms with Gasteiger partial charge in [-0.05, 0) is 6.07 Å². The van der Waals surface area contributed by atoms with Gasteiger partial charge in [-0.3, -0.25) is 0 Å². The molecule has 0 saturated carbocycles. The number of hydrogen-bond acceptors (Lipinski definition) is 1. The minimum atomic E-state index is -4.45. The first-order chi connectivity index (χ1) is 5.41. The van der Waals surface area contributed by atoms with E-state index in [0.717, 1.165) is 6.07 Å². The molecule has 1 rings (SSSR count). The van der Waals surface area contributed by atoms with Crippen LogP contribution in [0, 0.1) is 4.64 Å². The van der Waals surface area contributed by atoms with Gasteiger partial charge in [-0.15, -0.1) is 0 Å². The Morgan fingerprint density at radius 3 is 2.42 bits per heavy atom. The van der Waals surface area contributed by atoms with Crippen molar-refractivity contribution in [2.45, 2.75) is 6.18 Å². The van der Waals surface area contributed by atoms with Gasteiger partial charge in [-0.25, -0.2) is 0 Å². The molecule has 0 aliphatic rings. The minimum absolute atomic E-state index is 0.0177. The van der Waals surface area contributed by atoms with E-state index in [-0.39, 0.29) is 9.66 Å². The van der Waals surface area contributed by atoms with Crippen LogP contribution < -0.4 is 0 Å². The van der Waals surface area contributed by atoms with Crippen molar-refractivity contribution in [1.82, 2.24) is 4.98 Å². The van der Waals surface area contributed by atoms with Crippen molar-refractivity contribution in [1.29, 1.82) is 0 Å². The number of pyridine rings is 1. The molecule has 6 heteroatoms. The molecule has 12 heavy (non-hydrogen) atoms. The molecule has 0 bridgehead atoms. The number of rotatable bonds is 0. The van der Waals surface area contributed by atoms with Gasteiger partial charge in [0.2, 0.25) is 0 Å². The van der Waals surface area contributed by atoms with Crippen LogP contribution in [-0.2, 0) is 6.18 Å². The van der Waals surface area contributed by atoms with Crippen molar-refractivity contribution in [3.63, 3.8) is 0 Å². The van der Waals surface area contributed by atoms with Crippen LogP contribution in [0.1, 0.15) is 5.56 Å². The zero-order valence-electron chi connectivity index (χ0n) is 5.57. The fraction of sp³-hybridized carbons (Fsp3) is 0.167. The van der Waals surface area contributed by atoms with Crippen LogP contribution in [0.5, 0.6) is 0 Å². The Kier molecular flexibility index (Phi) is 2.44. The lowest BCUT2D eigenvalue weighted by molar-refractivity contribution is -0.138. The number of aromatic nitrogens is 1. The SMILES string of the molecule is FC(F)(F)c1cc(Cl)c[nH]c1=S. The molecule has 0 amide bonds. The molecule has 0 aliphatic heterocycles. The Labute approximate surface area is 76.2 Å². The first-order valence-electron chi connectivity index (χ1n) is 2.86. The summed E-state index contributed by atoms with van der Waals surface area (Å²) in [5, 5.41) is -0.0177. The van der Waals surface area contributed by atoms with E-state index in [2.05, 4.69) is 17.2 Å². The van der Waals surface area contributed by atoms with E-state index < -0.39 is 11.7 Å². The Bertz CT molecular complexity index is 343. The highest BCUT2D eigenvalue weighted by atomic mass is 35.5. The predicted octanol–water partition coefficient (Wildman–Crippen LogP) is 3.42. The van der Waals surface area contributed by atoms with Gasteiger partial charge < -0.3 is 4.98 Å². The lowest BCUT2D eigenvalue weighted by Crippen LogP contribution is -2.06. The first kappa shape index (κ1) is 9.54. The third-order valence-corrected chi connectivity index (χ3v) is 1.73. The van der Waals surface area contributed by atoms with Gasteiger partial charge in [0.1, 0.15) is 4.64 Å². The van der Waals surface area contributed by atoms with E-state index in [1.165, 1.54) is 6.20 Å². The average Bonchev–Trinajstić information content (AvgIpc) is 1.92. The van der Waals surface area contributed by atoms with Crippen LogP contribution in [0.4, 0.5) is 13.2 Å². The molecule has 0 saturated heterocycles. The summed E-state index contributed by atoms with van der Waals surface area (Å²) in [4.78, 5) is 2.24. The van der Waals surface area contributed by atoms with Gasteiger partial charge in [-0.1, -0.05) is 23.8 Å². The van der Waals surface area contributed by atoms with Crippen LogP contribution in [0.3, 0.4) is 0 Å². The van der Waals surface area contributed by atoms with E-state index in [0.29, 0.717) is 0 Å². The summed E-state index contributed by atoms with van der Waals surface area (Å²) >= 11 is 9.77. The molecule has 1 N–H and O–H groups in total.